The molecule has 0 atom stereocenters. The normalized spacial score (nSPS) is 10.3. The van der Waals surface area contributed by atoms with Gasteiger partial charge in [-0.2, -0.15) is 0 Å². The van der Waals surface area contributed by atoms with Crippen molar-refractivity contribution in [1.82, 2.24) is 0 Å². The highest BCUT2D eigenvalue weighted by atomic mass is 19.1. The van der Waals surface area contributed by atoms with E-state index in [-0.39, 0.29) is 11.6 Å². The molecule has 0 spiro atoms. The van der Waals surface area contributed by atoms with E-state index in [0.717, 1.165) is 5.56 Å². The molecule has 0 unspecified atom stereocenters. The summed E-state index contributed by atoms with van der Waals surface area (Å²) in [7, 11) is 1.45. The van der Waals surface area contributed by atoms with Crippen molar-refractivity contribution in [3.63, 3.8) is 0 Å². The van der Waals surface area contributed by atoms with Gasteiger partial charge in [0.05, 0.1) is 7.11 Å². The van der Waals surface area contributed by atoms with E-state index >= 15 is 0 Å². The highest BCUT2D eigenvalue weighted by molar-refractivity contribution is 5.78. The van der Waals surface area contributed by atoms with Gasteiger partial charge in [0.15, 0.2) is 11.6 Å². The number of ether oxygens (including phenoxy) is 1. The van der Waals surface area contributed by atoms with Crippen molar-refractivity contribution in [2.45, 2.75) is 6.92 Å². The van der Waals surface area contributed by atoms with Gasteiger partial charge < -0.3 is 10.5 Å². The van der Waals surface area contributed by atoms with Gasteiger partial charge in [0, 0.05) is 16.8 Å². The van der Waals surface area contributed by atoms with Crippen LogP contribution in [0.4, 0.5) is 10.1 Å². The summed E-state index contributed by atoms with van der Waals surface area (Å²) in [6, 6.07) is 10.6. The first-order valence-corrected chi connectivity index (χ1v) is 5.32. The van der Waals surface area contributed by atoms with Gasteiger partial charge in [-0.3, -0.25) is 0 Å². The molecule has 0 saturated heterocycles. The zero-order valence-electron chi connectivity index (χ0n) is 9.83. The maximum absolute atomic E-state index is 14.1. The van der Waals surface area contributed by atoms with Crippen LogP contribution in [0.2, 0.25) is 0 Å². The molecule has 0 fully saturated rings. The molecule has 2 N–H and O–H groups in total. The minimum absolute atomic E-state index is 0.225. The molecule has 0 saturated carbocycles. The van der Waals surface area contributed by atoms with Crippen LogP contribution in [0.15, 0.2) is 36.4 Å². The smallest absolute Gasteiger partial charge is 0.172 e. The van der Waals surface area contributed by atoms with Crippen molar-refractivity contribution in [2.24, 2.45) is 0 Å². The number of nitrogen functional groups attached to an aromatic ring is 1. The topological polar surface area (TPSA) is 35.2 Å². The maximum Gasteiger partial charge on any atom is 0.172 e. The number of aryl methyl sites for hydroxylation is 1. The average molecular weight is 231 g/mol. The van der Waals surface area contributed by atoms with Gasteiger partial charge >= 0.3 is 0 Å². The standard InChI is InChI=1S/C14H14FNO/c1-9-6-7-10(12(16)8-9)11-4-3-5-13(17-2)14(11)15/h3-8H,16H2,1-2H3. The third kappa shape index (κ3) is 2.09. The van der Waals surface area contributed by atoms with Crippen LogP contribution in [0.1, 0.15) is 5.56 Å². The molecule has 0 aliphatic heterocycles. The second kappa shape index (κ2) is 4.45. The minimum Gasteiger partial charge on any atom is -0.494 e. The van der Waals surface area contributed by atoms with Gasteiger partial charge in [0.2, 0.25) is 0 Å². The van der Waals surface area contributed by atoms with E-state index in [9.17, 15) is 4.39 Å². The Labute approximate surface area is 99.8 Å². The van der Waals surface area contributed by atoms with Crippen LogP contribution in [0.5, 0.6) is 5.75 Å². The van der Waals surface area contributed by atoms with E-state index < -0.39 is 0 Å². The van der Waals surface area contributed by atoms with Crippen molar-refractivity contribution in [1.29, 1.82) is 0 Å². The predicted octanol–water partition coefficient (Wildman–Crippen LogP) is 3.39. The molecule has 2 aromatic carbocycles. The van der Waals surface area contributed by atoms with Gasteiger partial charge in [0.1, 0.15) is 0 Å². The fourth-order valence-corrected chi connectivity index (χ4v) is 1.80. The van der Waals surface area contributed by atoms with Crippen LogP contribution in [-0.4, -0.2) is 7.11 Å². The van der Waals surface area contributed by atoms with E-state index in [4.69, 9.17) is 10.5 Å². The first-order valence-electron chi connectivity index (χ1n) is 5.32. The lowest BCUT2D eigenvalue weighted by atomic mass is 10.0. The molecule has 88 valence electrons. The third-order valence-corrected chi connectivity index (χ3v) is 2.68. The molecule has 0 aliphatic rings. The first kappa shape index (κ1) is 11.5. The number of hydrogen-bond acceptors (Lipinski definition) is 2. The van der Waals surface area contributed by atoms with Gasteiger partial charge in [0.25, 0.3) is 0 Å². The summed E-state index contributed by atoms with van der Waals surface area (Å²) in [5.74, 6) is -0.159. The Morgan fingerprint density at radius 1 is 1.12 bits per heavy atom. The number of hydrogen-bond donors (Lipinski definition) is 1. The lowest BCUT2D eigenvalue weighted by Gasteiger charge is -2.10. The lowest BCUT2D eigenvalue weighted by molar-refractivity contribution is 0.387. The average Bonchev–Trinajstić information content (AvgIpc) is 2.30. The van der Waals surface area contributed by atoms with Crippen LogP contribution in [0.3, 0.4) is 0 Å². The number of benzene rings is 2. The Morgan fingerprint density at radius 2 is 1.88 bits per heavy atom. The van der Waals surface area contributed by atoms with Crippen molar-refractivity contribution in [3.8, 4) is 16.9 Å². The Morgan fingerprint density at radius 3 is 2.53 bits per heavy atom. The second-order valence-electron chi connectivity index (χ2n) is 3.91. The molecule has 2 aromatic rings. The Balaban J connectivity index is 2.60. The Bertz CT molecular complexity index is 552. The number of methoxy groups -OCH3 is 1. The number of nitrogens with two attached hydrogens (primary N) is 1. The molecule has 2 nitrogen and oxygen atoms in total. The molecule has 0 heterocycles. The summed E-state index contributed by atoms with van der Waals surface area (Å²) < 4.78 is 19.0. The van der Waals surface area contributed by atoms with Gasteiger partial charge in [-0.1, -0.05) is 24.3 Å². The second-order valence-corrected chi connectivity index (χ2v) is 3.91. The van der Waals surface area contributed by atoms with Crippen LogP contribution < -0.4 is 10.5 Å². The van der Waals surface area contributed by atoms with Gasteiger partial charge in [-0.05, 0) is 24.6 Å². The fraction of sp³-hybridized carbons (Fsp3) is 0.143. The van der Waals surface area contributed by atoms with Crippen LogP contribution in [0.25, 0.3) is 11.1 Å². The maximum atomic E-state index is 14.1. The minimum atomic E-state index is -0.384. The Kier molecular flexibility index (Phi) is 3.00. The van der Waals surface area contributed by atoms with Crippen molar-refractivity contribution < 1.29 is 9.13 Å². The van der Waals surface area contributed by atoms with Crippen LogP contribution >= 0.6 is 0 Å². The van der Waals surface area contributed by atoms with E-state index in [1.165, 1.54) is 7.11 Å². The van der Waals surface area contributed by atoms with Crippen molar-refractivity contribution in [3.05, 3.63) is 47.8 Å². The monoisotopic (exact) mass is 231 g/mol. The summed E-state index contributed by atoms with van der Waals surface area (Å²) in [5, 5.41) is 0. The van der Waals surface area contributed by atoms with E-state index in [1.54, 1.807) is 18.2 Å². The van der Waals surface area contributed by atoms with Crippen molar-refractivity contribution in [2.75, 3.05) is 12.8 Å². The molecule has 0 radical (unpaired) electrons. The van der Waals surface area contributed by atoms with E-state index in [2.05, 4.69) is 0 Å². The van der Waals surface area contributed by atoms with E-state index in [0.29, 0.717) is 16.8 Å². The number of halogens is 1. The quantitative estimate of drug-likeness (QED) is 0.804. The molecule has 3 heteroatoms. The fourth-order valence-electron chi connectivity index (χ4n) is 1.80. The first-order chi connectivity index (χ1) is 8.13. The number of anilines is 1. The van der Waals surface area contributed by atoms with Crippen LogP contribution in [0, 0.1) is 12.7 Å². The summed E-state index contributed by atoms with van der Waals surface area (Å²) in [4.78, 5) is 0. The molecule has 2 rings (SSSR count). The highest BCUT2D eigenvalue weighted by Crippen LogP contribution is 2.32. The molecule has 0 amide bonds. The van der Waals surface area contributed by atoms with E-state index in [1.807, 2.05) is 25.1 Å². The summed E-state index contributed by atoms with van der Waals surface area (Å²) in [6.45, 7) is 1.95. The predicted molar refractivity (Wildman–Crippen MR) is 67.5 cm³/mol. The van der Waals surface area contributed by atoms with Gasteiger partial charge in [-0.25, -0.2) is 4.39 Å². The molecular formula is C14H14FNO. The summed E-state index contributed by atoms with van der Waals surface area (Å²) in [5.41, 5.74) is 8.67. The van der Waals surface area contributed by atoms with Gasteiger partial charge in [-0.15, -0.1) is 0 Å². The molecule has 17 heavy (non-hydrogen) atoms. The highest BCUT2D eigenvalue weighted by Gasteiger charge is 2.12. The molecule has 0 aliphatic carbocycles. The molecular weight excluding hydrogens is 217 g/mol. The largest absolute Gasteiger partial charge is 0.494 e. The molecule has 0 aromatic heterocycles. The Hall–Kier alpha value is -2.03. The summed E-state index contributed by atoms with van der Waals surface area (Å²) in [6.07, 6.45) is 0. The zero-order chi connectivity index (χ0) is 12.4. The zero-order valence-corrected chi connectivity index (χ0v) is 9.83. The lowest BCUT2D eigenvalue weighted by Crippen LogP contribution is -1.95. The molecule has 0 bridgehead atoms. The van der Waals surface area contributed by atoms with Crippen molar-refractivity contribution >= 4 is 5.69 Å². The third-order valence-electron chi connectivity index (χ3n) is 2.68. The summed E-state index contributed by atoms with van der Waals surface area (Å²) >= 11 is 0. The SMILES string of the molecule is COc1cccc(-c2ccc(C)cc2N)c1F. The van der Waals surface area contributed by atoms with Crippen LogP contribution in [-0.2, 0) is 0 Å². The number of rotatable bonds is 2.